The van der Waals surface area contributed by atoms with E-state index >= 15 is 0 Å². The number of pyridine rings is 1. The molecule has 0 unspecified atom stereocenters. The van der Waals surface area contributed by atoms with Crippen LogP contribution in [0.25, 0.3) is 27.9 Å². The fraction of sp³-hybridized carbons (Fsp3) is 0.150. The van der Waals surface area contributed by atoms with E-state index in [1.165, 1.54) is 16.7 Å². The number of rotatable bonds is 4. The fourth-order valence-corrected chi connectivity index (χ4v) is 2.73. The summed E-state index contributed by atoms with van der Waals surface area (Å²) >= 11 is 0. The lowest BCUT2D eigenvalue weighted by Crippen LogP contribution is -2.22. The topological polar surface area (TPSA) is 31.2 Å². The lowest BCUT2D eigenvalue weighted by Gasteiger charge is -2.15. The van der Waals surface area contributed by atoms with Gasteiger partial charge < -0.3 is 4.74 Å². The Morgan fingerprint density at radius 1 is 1.17 bits per heavy atom. The molecule has 0 radical (unpaired) electrons. The van der Waals surface area contributed by atoms with Crippen LogP contribution in [0.15, 0.2) is 59.9 Å². The first-order valence-corrected chi connectivity index (χ1v) is 7.75. The Bertz CT molecular complexity index is 971. The van der Waals surface area contributed by atoms with Crippen molar-refractivity contribution in [3.8, 4) is 11.1 Å². The second-order valence-electron chi connectivity index (χ2n) is 5.59. The Kier molecular flexibility index (Phi) is 4.21. The van der Waals surface area contributed by atoms with Crippen LogP contribution >= 0.6 is 0 Å². The minimum absolute atomic E-state index is 0.238. The molecule has 0 aliphatic rings. The highest BCUT2D eigenvalue weighted by Gasteiger charge is 2.14. The van der Waals surface area contributed by atoms with Crippen LogP contribution in [0.4, 0.5) is 4.39 Å². The van der Waals surface area contributed by atoms with Gasteiger partial charge in [-0.1, -0.05) is 24.3 Å². The molecule has 122 valence electrons. The molecular formula is C20H18FNO2. The number of ether oxygens (including phenoxy) is 1. The monoisotopic (exact) mass is 323 g/mol. The summed E-state index contributed by atoms with van der Waals surface area (Å²) in [6.45, 7) is 8.11. The molecule has 1 heterocycles. The highest BCUT2D eigenvalue weighted by molar-refractivity contribution is 5.86. The summed E-state index contributed by atoms with van der Waals surface area (Å²) in [5.41, 5.74) is 2.67. The van der Waals surface area contributed by atoms with Crippen molar-refractivity contribution in [2.75, 3.05) is 6.61 Å². The van der Waals surface area contributed by atoms with Gasteiger partial charge in [0.15, 0.2) is 5.88 Å². The second-order valence-corrected chi connectivity index (χ2v) is 5.59. The Morgan fingerprint density at radius 2 is 1.88 bits per heavy atom. The molecule has 0 atom stereocenters. The van der Waals surface area contributed by atoms with E-state index in [4.69, 9.17) is 4.74 Å². The lowest BCUT2D eigenvalue weighted by atomic mass is 10.0. The van der Waals surface area contributed by atoms with E-state index < -0.39 is 0 Å². The van der Waals surface area contributed by atoms with Crippen LogP contribution in [0.1, 0.15) is 12.5 Å². The van der Waals surface area contributed by atoms with Crippen molar-refractivity contribution in [1.29, 1.82) is 0 Å². The summed E-state index contributed by atoms with van der Waals surface area (Å²) in [5.74, 6) is -0.0590. The van der Waals surface area contributed by atoms with Gasteiger partial charge in [-0.2, -0.15) is 0 Å². The Labute approximate surface area is 139 Å². The predicted octanol–water partition coefficient (Wildman–Crippen LogP) is 4.58. The van der Waals surface area contributed by atoms with E-state index in [0.29, 0.717) is 17.7 Å². The molecule has 0 bridgehead atoms. The van der Waals surface area contributed by atoms with Gasteiger partial charge in [0.2, 0.25) is 0 Å². The predicted molar refractivity (Wildman–Crippen MR) is 95.3 cm³/mol. The molecule has 0 N–H and O–H groups in total. The van der Waals surface area contributed by atoms with E-state index in [-0.39, 0.29) is 17.3 Å². The number of aryl methyl sites for hydroxylation is 1. The molecule has 0 amide bonds. The number of hydrogen-bond acceptors (Lipinski definition) is 2. The van der Waals surface area contributed by atoms with Gasteiger partial charge in [-0.15, -0.1) is 0 Å². The summed E-state index contributed by atoms with van der Waals surface area (Å²) in [6, 6.07) is 13.6. The van der Waals surface area contributed by atoms with Crippen molar-refractivity contribution in [2.24, 2.45) is 0 Å². The van der Waals surface area contributed by atoms with Crippen molar-refractivity contribution in [3.63, 3.8) is 0 Å². The third kappa shape index (κ3) is 2.83. The van der Waals surface area contributed by atoms with E-state index in [1.54, 1.807) is 12.1 Å². The van der Waals surface area contributed by atoms with Crippen LogP contribution in [0.3, 0.4) is 0 Å². The SMILES string of the molecule is C=C(OCC)n1c(=O)c(-c2ccc(F)cc2)cc2ccc(C)cc21. The van der Waals surface area contributed by atoms with Crippen molar-refractivity contribution in [2.45, 2.75) is 13.8 Å². The van der Waals surface area contributed by atoms with Crippen molar-refractivity contribution in [3.05, 3.63) is 76.8 Å². The first-order valence-electron chi connectivity index (χ1n) is 7.75. The molecule has 0 aliphatic heterocycles. The van der Waals surface area contributed by atoms with Gasteiger partial charge in [0, 0.05) is 5.56 Å². The van der Waals surface area contributed by atoms with Crippen LogP contribution in [0.2, 0.25) is 0 Å². The minimum atomic E-state index is -0.339. The van der Waals surface area contributed by atoms with Crippen LogP contribution < -0.4 is 5.56 Å². The molecule has 24 heavy (non-hydrogen) atoms. The number of hydrogen-bond donors (Lipinski definition) is 0. The average Bonchev–Trinajstić information content (AvgIpc) is 2.55. The maximum atomic E-state index is 13.2. The first kappa shape index (κ1) is 16.0. The maximum absolute atomic E-state index is 13.2. The summed E-state index contributed by atoms with van der Waals surface area (Å²) in [7, 11) is 0. The van der Waals surface area contributed by atoms with Crippen molar-refractivity contribution in [1.82, 2.24) is 4.57 Å². The molecule has 3 nitrogen and oxygen atoms in total. The van der Waals surface area contributed by atoms with Gasteiger partial charge in [0.05, 0.1) is 12.1 Å². The van der Waals surface area contributed by atoms with Gasteiger partial charge in [0.1, 0.15) is 5.82 Å². The van der Waals surface area contributed by atoms with Crippen LogP contribution in [0.5, 0.6) is 0 Å². The molecule has 3 rings (SSSR count). The summed E-state index contributed by atoms with van der Waals surface area (Å²) in [6.07, 6.45) is 0. The number of benzene rings is 2. The molecule has 0 saturated heterocycles. The van der Waals surface area contributed by atoms with Crippen molar-refractivity contribution < 1.29 is 9.13 Å². The van der Waals surface area contributed by atoms with Gasteiger partial charge in [-0.3, -0.25) is 4.79 Å². The van der Waals surface area contributed by atoms with E-state index in [0.717, 1.165) is 16.5 Å². The number of halogens is 1. The molecule has 0 saturated carbocycles. The van der Waals surface area contributed by atoms with Crippen LogP contribution in [0, 0.1) is 12.7 Å². The zero-order valence-electron chi connectivity index (χ0n) is 13.7. The standard InChI is InChI=1S/C20H18FNO2/c1-4-24-14(3)22-19-11-13(2)5-6-16(19)12-18(20(22)23)15-7-9-17(21)10-8-15/h5-12H,3-4H2,1-2H3. The smallest absolute Gasteiger partial charge is 0.265 e. The Balaban J connectivity index is 2.34. The van der Waals surface area contributed by atoms with E-state index in [1.807, 2.05) is 38.1 Å². The lowest BCUT2D eigenvalue weighted by molar-refractivity contribution is 0.279. The zero-order chi connectivity index (χ0) is 17.3. The van der Waals surface area contributed by atoms with E-state index in [9.17, 15) is 9.18 Å². The molecule has 1 aromatic heterocycles. The fourth-order valence-electron chi connectivity index (χ4n) is 2.73. The minimum Gasteiger partial charge on any atom is -0.479 e. The maximum Gasteiger partial charge on any atom is 0.265 e. The quantitative estimate of drug-likeness (QED) is 0.658. The van der Waals surface area contributed by atoms with Crippen LogP contribution in [-0.2, 0) is 4.74 Å². The van der Waals surface area contributed by atoms with Crippen molar-refractivity contribution >= 4 is 16.8 Å². The third-order valence-corrected chi connectivity index (χ3v) is 3.88. The normalized spacial score (nSPS) is 10.8. The Morgan fingerprint density at radius 3 is 2.54 bits per heavy atom. The molecule has 0 aliphatic carbocycles. The van der Waals surface area contributed by atoms with Gasteiger partial charge in [-0.25, -0.2) is 8.96 Å². The highest BCUT2D eigenvalue weighted by atomic mass is 19.1. The number of fused-ring (bicyclic) bond motifs is 1. The molecule has 3 aromatic rings. The summed E-state index contributed by atoms with van der Waals surface area (Å²) < 4.78 is 20.1. The summed E-state index contributed by atoms with van der Waals surface area (Å²) in [5, 5.41) is 0.889. The number of aromatic nitrogens is 1. The molecule has 0 fully saturated rings. The highest BCUT2D eigenvalue weighted by Crippen LogP contribution is 2.24. The van der Waals surface area contributed by atoms with Gasteiger partial charge in [0.25, 0.3) is 5.56 Å². The Hall–Kier alpha value is -2.88. The molecular weight excluding hydrogens is 305 g/mol. The van der Waals surface area contributed by atoms with E-state index in [2.05, 4.69) is 6.58 Å². The molecule has 4 heteroatoms. The first-order chi connectivity index (χ1) is 11.5. The largest absolute Gasteiger partial charge is 0.479 e. The molecule has 0 spiro atoms. The number of nitrogens with zero attached hydrogens (tertiary/aromatic N) is 1. The zero-order valence-corrected chi connectivity index (χ0v) is 13.7. The van der Waals surface area contributed by atoms with Gasteiger partial charge >= 0.3 is 0 Å². The third-order valence-electron chi connectivity index (χ3n) is 3.88. The van der Waals surface area contributed by atoms with Gasteiger partial charge in [-0.05, 0) is 61.2 Å². The average molecular weight is 323 g/mol. The van der Waals surface area contributed by atoms with Crippen LogP contribution in [-0.4, -0.2) is 11.2 Å². The molecule has 2 aromatic carbocycles. The second kappa shape index (κ2) is 6.32. The summed E-state index contributed by atoms with van der Waals surface area (Å²) in [4.78, 5) is 13.0.